The van der Waals surface area contributed by atoms with Gasteiger partial charge in [-0.05, 0) is 103 Å². The fourth-order valence-corrected chi connectivity index (χ4v) is 14.1. The van der Waals surface area contributed by atoms with Crippen LogP contribution in [0.4, 0.5) is 0 Å². The van der Waals surface area contributed by atoms with Crippen LogP contribution in [0.5, 0.6) is 0 Å². The molecule has 18 rings (SSSR count). The highest BCUT2D eigenvalue weighted by molar-refractivity contribution is 6.16. The van der Waals surface area contributed by atoms with Gasteiger partial charge in [-0.2, -0.15) is 0 Å². The van der Waals surface area contributed by atoms with E-state index in [9.17, 15) is 0 Å². The Labute approximate surface area is 547 Å². The van der Waals surface area contributed by atoms with Crippen LogP contribution in [0.25, 0.3) is 173 Å². The van der Waals surface area contributed by atoms with Crippen molar-refractivity contribution in [2.24, 2.45) is 0 Å². The molecule has 0 atom stereocenters. The molecule has 0 radical (unpaired) electrons. The molecule has 0 aliphatic rings. The molecule has 0 amide bonds. The zero-order chi connectivity index (χ0) is 63.1. The number of hydrogen-bond acceptors (Lipinski definition) is 6. The average Bonchev–Trinajstić information content (AvgIpc) is 1.60. The van der Waals surface area contributed by atoms with Crippen molar-refractivity contribution in [3.05, 3.63) is 321 Å². The van der Waals surface area contributed by atoms with Crippen molar-refractivity contribution >= 4 is 65.4 Å². The van der Waals surface area contributed by atoms with E-state index in [1.165, 1.54) is 0 Å². The van der Waals surface area contributed by atoms with Gasteiger partial charge in [-0.25, -0.2) is 29.9 Å². The summed E-state index contributed by atoms with van der Waals surface area (Å²) in [5, 5.41) is 6.57. The van der Waals surface area contributed by atoms with E-state index in [-0.39, 0.29) is 0 Å². The van der Waals surface area contributed by atoms with Crippen LogP contribution in [0.2, 0.25) is 0 Å². The highest BCUT2D eigenvalue weighted by Gasteiger charge is 2.34. The minimum Gasteiger partial charge on any atom is -0.308 e. The highest BCUT2D eigenvalue weighted by atomic mass is 15.1. The van der Waals surface area contributed by atoms with E-state index in [1.54, 1.807) is 0 Å². The molecular formula is C86H57N9. The number of para-hydroxylation sites is 2. The van der Waals surface area contributed by atoms with E-state index >= 15 is 0 Å². The van der Waals surface area contributed by atoms with E-state index in [2.05, 4.69) is 264 Å². The van der Waals surface area contributed by atoms with E-state index in [0.717, 1.165) is 149 Å². The molecule has 0 aliphatic heterocycles. The summed E-state index contributed by atoms with van der Waals surface area (Å²) in [6.45, 7) is 4.34. The van der Waals surface area contributed by atoms with Gasteiger partial charge in [0.2, 0.25) is 0 Å². The number of hydrogen-bond donors (Lipinski definition) is 0. The lowest BCUT2D eigenvalue weighted by Crippen LogP contribution is -2.14. The minimum absolute atomic E-state index is 0.445. The predicted octanol–water partition coefficient (Wildman–Crippen LogP) is 21.3. The molecule has 446 valence electrons. The van der Waals surface area contributed by atoms with Gasteiger partial charge in [0, 0.05) is 60.1 Å². The monoisotopic (exact) mass is 1220 g/mol. The maximum Gasteiger partial charge on any atom is 0.168 e. The molecule has 0 spiro atoms. The van der Waals surface area contributed by atoms with Crippen molar-refractivity contribution in [1.82, 2.24) is 43.6 Å². The molecule has 0 saturated heterocycles. The molecule has 0 saturated carbocycles. The van der Waals surface area contributed by atoms with Crippen molar-refractivity contribution in [2.45, 2.75) is 13.8 Å². The summed E-state index contributed by atoms with van der Waals surface area (Å²) in [6.07, 6.45) is 0. The Balaban J connectivity index is 1.12. The van der Waals surface area contributed by atoms with Crippen molar-refractivity contribution < 1.29 is 0 Å². The van der Waals surface area contributed by atoms with Gasteiger partial charge < -0.3 is 13.7 Å². The van der Waals surface area contributed by atoms with Gasteiger partial charge in [-0.15, -0.1) is 0 Å². The number of aromatic nitrogens is 9. The highest BCUT2D eigenvalue weighted by Crippen LogP contribution is 2.50. The molecule has 9 nitrogen and oxygen atoms in total. The molecule has 0 N–H and O–H groups in total. The second-order valence-corrected chi connectivity index (χ2v) is 24.4. The standard InChI is InChI=1S/C86H57N9/c1-54-41-45-75-66(49-54)64-37-21-23-39-71(64)94(75)79-70(85-89-81(58-29-13-5-14-30-58)87-82(90-85)59-31-15-6-16-32-59)53-77(93-73-47-43-62(56-25-9-3-10-26-56)51-68(73)69-52-63(44-48-74(69)93)57-27-11-4-12-28-57)80(95-72-40-24-22-38-65(72)67-50-55(2)42-46-76(67)95)78(79)86-91-83(60-33-17-7-18-34-60)88-84(92-86)61-35-19-8-20-36-61/h3-53H,1-2H3. The van der Waals surface area contributed by atoms with Crippen molar-refractivity contribution in [3.63, 3.8) is 0 Å². The molecule has 9 heteroatoms. The third-order valence-corrected chi connectivity index (χ3v) is 18.4. The van der Waals surface area contributed by atoms with Gasteiger partial charge >= 0.3 is 0 Å². The summed E-state index contributed by atoms with van der Waals surface area (Å²) in [7, 11) is 0. The van der Waals surface area contributed by atoms with Crippen LogP contribution in [-0.2, 0) is 0 Å². The lowest BCUT2D eigenvalue weighted by molar-refractivity contribution is 1.03. The van der Waals surface area contributed by atoms with E-state index in [4.69, 9.17) is 29.9 Å². The van der Waals surface area contributed by atoms with Gasteiger partial charge in [0.15, 0.2) is 34.9 Å². The van der Waals surface area contributed by atoms with Crippen molar-refractivity contribution in [2.75, 3.05) is 0 Å². The van der Waals surface area contributed by atoms with E-state index in [0.29, 0.717) is 34.9 Å². The summed E-state index contributed by atoms with van der Waals surface area (Å²) in [4.78, 5) is 34.0. The SMILES string of the molecule is Cc1ccc2c(c1)c1ccccc1n2-c1c(-c2nc(-c3ccccc3)nc(-c3ccccc3)n2)cc(-n2c3ccc(-c4ccccc4)cc3c3cc(-c4ccccc4)ccc32)c(-n2c3ccccc3c3cc(C)ccc32)c1-c1nc(-c2ccccc2)nc(-c2ccccc2)n1. The number of fused-ring (bicyclic) bond motifs is 9. The second-order valence-electron chi connectivity index (χ2n) is 24.4. The van der Waals surface area contributed by atoms with Gasteiger partial charge in [0.05, 0.1) is 55.7 Å². The number of nitrogens with zero attached hydrogens (tertiary/aromatic N) is 9. The zero-order valence-corrected chi connectivity index (χ0v) is 52.0. The number of benzene rings is 13. The summed E-state index contributed by atoms with van der Waals surface area (Å²) < 4.78 is 7.37. The minimum atomic E-state index is 0.445. The quantitative estimate of drug-likeness (QED) is 0.128. The van der Waals surface area contributed by atoms with Gasteiger partial charge in [0.1, 0.15) is 0 Å². The largest absolute Gasteiger partial charge is 0.308 e. The lowest BCUT2D eigenvalue weighted by Gasteiger charge is -2.26. The van der Waals surface area contributed by atoms with Crippen molar-refractivity contribution in [1.29, 1.82) is 0 Å². The maximum absolute atomic E-state index is 5.88. The molecule has 0 aliphatic carbocycles. The topological polar surface area (TPSA) is 92.1 Å². The molecule has 5 heterocycles. The van der Waals surface area contributed by atoms with Crippen LogP contribution in [0, 0.1) is 13.8 Å². The first-order valence-corrected chi connectivity index (χ1v) is 32.1. The van der Waals surface area contributed by atoms with E-state index in [1.807, 2.05) is 72.8 Å². The summed E-state index contributed by atoms with van der Waals surface area (Å²) in [5.41, 5.74) is 20.0. The normalized spacial score (nSPS) is 11.7. The maximum atomic E-state index is 5.88. The first-order chi connectivity index (χ1) is 46.9. The second kappa shape index (κ2) is 22.6. The molecule has 95 heavy (non-hydrogen) atoms. The molecule has 18 aromatic rings. The van der Waals surface area contributed by atoms with Gasteiger partial charge in [-0.3, -0.25) is 0 Å². The van der Waals surface area contributed by atoms with Crippen LogP contribution >= 0.6 is 0 Å². The van der Waals surface area contributed by atoms with Crippen LogP contribution < -0.4 is 0 Å². The Hall–Kier alpha value is -12.7. The number of rotatable bonds is 11. The van der Waals surface area contributed by atoms with Crippen LogP contribution in [0.1, 0.15) is 11.1 Å². The smallest absolute Gasteiger partial charge is 0.168 e. The zero-order valence-electron chi connectivity index (χ0n) is 52.0. The average molecular weight is 1220 g/mol. The first-order valence-electron chi connectivity index (χ1n) is 32.1. The fourth-order valence-electron chi connectivity index (χ4n) is 14.1. The van der Waals surface area contributed by atoms with Crippen molar-refractivity contribution in [3.8, 4) is 108 Å². The molecule has 0 bridgehead atoms. The van der Waals surface area contributed by atoms with Crippen LogP contribution in [0.3, 0.4) is 0 Å². The Morgan fingerprint density at radius 2 is 0.516 bits per heavy atom. The summed E-state index contributed by atoms with van der Waals surface area (Å²) >= 11 is 0. The van der Waals surface area contributed by atoms with Crippen LogP contribution in [0.15, 0.2) is 309 Å². The molecule has 0 fully saturated rings. The fraction of sp³-hybridized carbons (Fsp3) is 0.0233. The first kappa shape index (κ1) is 55.1. The Morgan fingerprint density at radius 3 is 0.926 bits per heavy atom. The molecule has 0 unspecified atom stereocenters. The Morgan fingerprint density at radius 1 is 0.211 bits per heavy atom. The van der Waals surface area contributed by atoms with E-state index < -0.39 is 0 Å². The Bertz CT molecular complexity index is 5810. The summed E-state index contributed by atoms with van der Waals surface area (Å²) in [5.74, 6) is 2.99. The van der Waals surface area contributed by atoms with Gasteiger partial charge in [0.25, 0.3) is 0 Å². The molecule has 5 aromatic heterocycles. The third-order valence-electron chi connectivity index (χ3n) is 18.4. The Kier molecular flexibility index (Phi) is 13.1. The number of aryl methyl sites for hydroxylation is 2. The van der Waals surface area contributed by atoms with Crippen LogP contribution in [-0.4, -0.2) is 43.6 Å². The lowest BCUT2D eigenvalue weighted by atomic mass is 9.98. The molecule has 13 aromatic carbocycles. The van der Waals surface area contributed by atoms with Gasteiger partial charge in [-0.1, -0.05) is 254 Å². The summed E-state index contributed by atoms with van der Waals surface area (Å²) in [6, 6.07) is 110. The predicted molar refractivity (Wildman–Crippen MR) is 389 cm³/mol. The molecular weight excluding hydrogens is 1160 g/mol. The third kappa shape index (κ3) is 9.39.